The molecule has 0 amide bonds. The zero-order chi connectivity index (χ0) is 33.4. The highest BCUT2D eigenvalue weighted by atomic mass is 16.5. The van der Waals surface area contributed by atoms with Crippen LogP contribution in [0.2, 0.25) is 0 Å². The molecule has 254 valence electrons. The van der Waals surface area contributed by atoms with Crippen LogP contribution in [0, 0.1) is 0 Å². The number of hydrogen-bond acceptors (Lipinski definition) is 12. The van der Waals surface area contributed by atoms with Crippen LogP contribution in [0.4, 0.5) is 0 Å². The van der Waals surface area contributed by atoms with Gasteiger partial charge >= 0.3 is 17.9 Å². The molecule has 0 saturated heterocycles. The molecule has 15 heteroatoms. The van der Waals surface area contributed by atoms with Crippen molar-refractivity contribution in [2.75, 3.05) is 122 Å². The second kappa shape index (κ2) is 43.7. The first-order valence-corrected chi connectivity index (χ1v) is 13.5. The lowest BCUT2D eigenvalue weighted by Gasteiger charge is -2.01. The zero-order valence-electron chi connectivity index (χ0n) is 26.6. The van der Waals surface area contributed by atoms with Crippen LogP contribution in [0.3, 0.4) is 0 Å². The van der Waals surface area contributed by atoms with Crippen molar-refractivity contribution in [1.29, 1.82) is 0 Å². The highest BCUT2D eigenvalue weighted by Gasteiger charge is 2.04. The van der Waals surface area contributed by atoms with Gasteiger partial charge in [0.2, 0.25) is 0 Å². The molecule has 1 aromatic carbocycles. The van der Waals surface area contributed by atoms with Crippen LogP contribution >= 0.6 is 0 Å². The molecule has 6 N–H and O–H groups in total. The molecule has 0 heterocycles. The van der Waals surface area contributed by atoms with Crippen LogP contribution < -0.4 is 16.0 Å². The Morgan fingerprint density at radius 1 is 0.512 bits per heavy atom. The van der Waals surface area contributed by atoms with Crippen LogP contribution in [0.25, 0.3) is 0 Å². The van der Waals surface area contributed by atoms with Crippen molar-refractivity contribution in [2.45, 2.75) is 6.42 Å². The van der Waals surface area contributed by atoms with Crippen molar-refractivity contribution < 1.29 is 58.1 Å². The van der Waals surface area contributed by atoms with Gasteiger partial charge in [-0.25, -0.2) is 9.59 Å². The van der Waals surface area contributed by atoms with E-state index in [1.54, 1.807) is 54.8 Å². The lowest BCUT2D eigenvalue weighted by atomic mass is 10.2. The van der Waals surface area contributed by atoms with Crippen molar-refractivity contribution in [3.63, 3.8) is 0 Å². The van der Waals surface area contributed by atoms with E-state index in [0.29, 0.717) is 0 Å². The highest BCUT2D eigenvalue weighted by molar-refractivity contribution is 6.27. The van der Waals surface area contributed by atoms with E-state index in [2.05, 4.69) is 16.0 Å². The molecule has 1 aromatic rings. The van der Waals surface area contributed by atoms with Gasteiger partial charge in [0.25, 0.3) is 0 Å². The van der Waals surface area contributed by atoms with Gasteiger partial charge in [0.15, 0.2) is 0 Å². The molecule has 15 nitrogen and oxygen atoms in total. The molecule has 43 heavy (non-hydrogen) atoms. The van der Waals surface area contributed by atoms with E-state index < -0.39 is 17.9 Å². The summed E-state index contributed by atoms with van der Waals surface area (Å²) in [5.74, 6) is -4.43. The van der Waals surface area contributed by atoms with Gasteiger partial charge in [0.05, 0.1) is 46.1 Å². The topological polar surface area (TPSA) is 203 Å². The molecule has 0 bridgehead atoms. The van der Waals surface area contributed by atoms with E-state index >= 15 is 0 Å². The normalized spacial score (nSPS) is 9.44. The number of carbonyl (C=O) groups is 3. The van der Waals surface area contributed by atoms with Crippen LogP contribution in [0.1, 0.15) is 5.56 Å². The predicted octanol–water partition coefficient (Wildman–Crippen LogP) is 0.0757. The number of benzene rings is 1. The third kappa shape index (κ3) is 55.8. The van der Waals surface area contributed by atoms with Gasteiger partial charge in [0, 0.05) is 81.9 Å². The molecular formula is C28H55N3O12. The molecule has 0 aliphatic carbocycles. The number of rotatable bonds is 20. The minimum atomic E-state index is -1.82. The average molecular weight is 626 g/mol. The number of hydrogen-bond donors (Lipinski definition) is 6. The second-order valence-electron chi connectivity index (χ2n) is 7.87. The van der Waals surface area contributed by atoms with Crippen LogP contribution in [-0.4, -0.2) is 155 Å². The van der Waals surface area contributed by atoms with E-state index in [1.165, 1.54) is 0 Å². The quantitative estimate of drug-likeness (QED) is 0.0839. The summed E-state index contributed by atoms with van der Waals surface area (Å²) >= 11 is 0. The maximum Gasteiger partial charge on any atom is 0.414 e. The van der Waals surface area contributed by atoms with Gasteiger partial charge in [-0.05, 0) is 5.56 Å². The van der Waals surface area contributed by atoms with Crippen molar-refractivity contribution in [2.24, 2.45) is 0 Å². The lowest BCUT2D eigenvalue weighted by Crippen LogP contribution is -2.23. The van der Waals surface area contributed by atoms with Crippen LogP contribution in [0.15, 0.2) is 30.3 Å². The Kier molecular flexibility index (Phi) is 48.0. The summed E-state index contributed by atoms with van der Waals surface area (Å²) in [6.07, 6.45) is 0.112. The number of ether oxygens (including phenoxy) is 6. The third-order valence-electron chi connectivity index (χ3n) is 4.28. The van der Waals surface area contributed by atoms with Gasteiger partial charge in [0.1, 0.15) is 0 Å². The largest absolute Gasteiger partial charge is 0.481 e. The van der Waals surface area contributed by atoms with Crippen LogP contribution in [0.5, 0.6) is 0 Å². The Hall–Kier alpha value is -2.73. The number of methoxy groups -OCH3 is 6. The Morgan fingerprint density at radius 2 is 0.767 bits per heavy atom. The molecule has 0 aliphatic rings. The first kappa shape index (κ1) is 47.2. The summed E-state index contributed by atoms with van der Waals surface area (Å²) in [4.78, 5) is 28.4. The van der Waals surface area contributed by atoms with E-state index in [-0.39, 0.29) is 6.42 Å². The van der Waals surface area contributed by atoms with E-state index in [1.807, 2.05) is 18.2 Å². The smallest absolute Gasteiger partial charge is 0.414 e. The minimum Gasteiger partial charge on any atom is -0.481 e. The first-order chi connectivity index (χ1) is 20.7. The van der Waals surface area contributed by atoms with Gasteiger partial charge in [-0.2, -0.15) is 0 Å². The molecule has 0 saturated carbocycles. The van der Waals surface area contributed by atoms with Gasteiger partial charge in [-0.3, -0.25) is 4.79 Å². The fourth-order valence-corrected chi connectivity index (χ4v) is 2.19. The van der Waals surface area contributed by atoms with E-state index in [4.69, 9.17) is 53.3 Å². The molecule has 0 aromatic heterocycles. The molecule has 1 rings (SSSR count). The lowest BCUT2D eigenvalue weighted by molar-refractivity contribution is -0.159. The Balaban J connectivity index is -0.000000223. The second-order valence-corrected chi connectivity index (χ2v) is 7.87. The highest BCUT2D eigenvalue weighted by Crippen LogP contribution is 1.98. The van der Waals surface area contributed by atoms with Crippen molar-refractivity contribution in [3.8, 4) is 0 Å². The Morgan fingerprint density at radius 3 is 0.953 bits per heavy atom. The van der Waals surface area contributed by atoms with Crippen molar-refractivity contribution in [3.05, 3.63) is 35.9 Å². The fraction of sp³-hybridized carbons (Fsp3) is 0.679. The zero-order valence-corrected chi connectivity index (χ0v) is 26.6. The number of nitrogens with one attached hydrogen (secondary N) is 3. The van der Waals surface area contributed by atoms with E-state index in [0.717, 1.165) is 84.5 Å². The molecular weight excluding hydrogens is 570 g/mol. The SMILES string of the molecule is COCCNCCOC.COCCNCCOC.COCCNCCOC.O=C(O)C(=O)O.O=C(O)Cc1ccccc1. The number of carboxylic acids is 3. The maximum atomic E-state index is 10.2. The average Bonchev–Trinajstić information content (AvgIpc) is 2.98. The molecule has 0 radical (unpaired) electrons. The maximum absolute atomic E-state index is 10.2. The first-order valence-electron chi connectivity index (χ1n) is 13.5. The van der Waals surface area contributed by atoms with Gasteiger partial charge in [-0.15, -0.1) is 0 Å². The molecule has 0 atom stereocenters. The van der Waals surface area contributed by atoms with Crippen molar-refractivity contribution in [1.82, 2.24) is 16.0 Å². The summed E-state index contributed by atoms with van der Waals surface area (Å²) in [5.41, 5.74) is 0.843. The summed E-state index contributed by atoms with van der Waals surface area (Å²) in [6.45, 7) is 10.0. The summed E-state index contributed by atoms with van der Waals surface area (Å²) < 4.78 is 28.9. The number of aliphatic carboxylic acids is 3. The summed E-state index contributed by atoms with van der Waals surface area (Å²) in [7, 11) is 10.2. The van der Waals surface area contributed by atoms with E-state index in [9.17, 15) is 4.79 Å². The van der Waals surface area contributed by atoms with Gasteiger partial charge in [-0.1, -0.05) is 30.3 Å². The predicted molar refractivity (Wildman–Crippen MR) is 163 cm³/mol. The standard InChI is InChI=1S/C8H8O2.3C6H15NO2.C2H2O4/c9-8(10)6-7-4-2-1-3-5-7;3*1-8-5-3-7-4-6-9-2;3-1(4)2(5)6/h1-5H,6H2,(H,9,10);3*7H,3-6H2,1-2H3;(H,3,4)(H,5,6). The molecule has 0 spiro atoms. The Labute approximate surface area is 256 Å². The van der Waals surface area contributed by atoms with Crippen molar-refractivity contribution >= 4 is 17.9 Å². The number of carboxylic acid groups (broad SMARTS) is 3. The van der Waals surface area contributed by atoms with Crippen LogP contribution in [-0.2, 0) is 49.2 Å². The van der Waals surface area contributed by atoms with Gasteiger partial charge < -0.3 is 59.7 Å². The molecule has 0 unspecified atom stereocenters. The molecule has 0 fully saturated rings. The fourth-order valence-electron chi connectivity index (χ4n) is 2.19. The summed E-state index contributed by atoms with van der Waals surface area (Å²) in [5, 5.41) is 32.6. The Bertz CT molecular complexity index is 638. The third-order valence-corrected chi connectivity index (χ3v) is 4.28. The minimum absolute atomic E-state index is 0.112. The monoisotopic (exact) mass is 625 g/mol. The summed E-state index contributed by atoms with van der Waals surface area (Å²) in [6, 6.07) is 9.13. The molecule has 0 aliphatic heterocycles.